The lowest BCUT2D eigenvalue weighted by atomic mass is 9.40. The fourth-order valence-electron chi connectivity index (χ4n) is 9.65. The van der Waals surface area contributed by atoms with E-state index in [1.807, 2.05) is 20.8 Å². The second kappa shape index (κ2) is 7.05. The van der Waals surface area contributed by atoms with Gasteiger partial charge in [0.25, 0.3) is 0 Å². The molecule has 6 aliphatic rings. The Morgan fingerprint density at radius 1 is 1.09 bits per heavy atom. The summed E-state index contributed by atoms with van der Waals surface area (Å²) in [6, 6.07) is 0. The van der Waals surface area contributed by atoms with E-state index in [0.717, 1.165) is 5.57 Å². The molecule has 6 rings (SSSR count). The molecule has 1 saturated heterocycles. The molecule has 0 radical (unpaired) electrons. The molecule has 0 aromatic heterocycles. The molecule has 4 N–H and O–H groups in total. The average Bonchev–Trinajstić information content (AvgIpc) is 3.27. The molecule has 5 fully saturated rings. The van der Waals surface area contributed by atoms with E-state index in [2.05, 4.69) is 0 Å². The molecule has 10 atom stereocenters. The summed E-state index contributed by atoms with van der Waals surface area (Å²) in [6.45, 7) is 5.66. The summed E-state index contributed by atoms with van der Waals surface area (Å²) in [7, 11) is 0. The number of cyclic esters (lactones) is 1. The second-order valence-electron chi connectivity index (χ2n) is 12.6. The number of aliphatic hydroxyl groups is 4. The number of hydrogen-bond donors (Lipinski definition) is 4. The molecule has 190 valence electrons. The molecule has 0 aromatic carbocycles. The van der Waals surface area contributed by atoms with Gasteiger partial charge >= 0.3 is 5.97 Å². The molecule has 0 unspecified atom stereocenters. The van der Waals surface area contributed by atoms with Crippen LogP contribution in [0.3, 0.4) is 0 Å². The molecule has 0 amide bonds. The lowest BCUT2D eigenvalue weighted by molar-refractivity contribution is -0.398. The van der Waals surface area contributed by atoms with Crippen molar-refractivity contribution in [3.8, 4) is 0 Å². The van der Waals surface area contributed by atoms with E-state index in [0.29, 0.717) is 44.9 Å². The molecular formula is C26H38O8. The van der Waals surface area contributed by atoms with E-state index in [-0.39, 0.29) is 37.1 Å². The van der Waals surface area contributed by atoms with E-state index >= 15 is 0 Å². The monoisotopic (exact) mass is 478 g/mol. The molecule has 0 aromatic rings. The van der Waals surface area contributed by atoms with Gasteiger partial charge in [-0.15, -0.1) is 0 Å². The van der Waals surface area contributed by atoms with E-state index in [1.165, 1.54) is 0 Å². The number of carbonyl (C=O) groups is 1. The van der Waals surface area contributed by atoms with Crippen molar-refractivity contribution < 1.29 is 39.4 Å². The third-order valence-corrected chi connectivity index (χ3v) is 10.9. The number of esters is 1. The van der Waals surface area contributed by atoms with Crippen LogP contribution in [0.2, 0.25) is 0 Å². The first-order valence-electron chi connectivity index (χ1n) is 12.9. The fourth-order valence-corrected chi connectivity index (χ4v) is 9.65. The molecular weight excluding hydrogens is 440 g/mol. The predicted octanol–water partition coefficient (Wildman–Crippen LogP) is 1.43. The Hall–Kier alpha value is -1.03. The van der Waals surface area contributed by atoms with Gasteiger partial charge in [-0.1, -0.05) is 6.92 Å². The zero-order valence-corrected chi connectivity index (χ0v) is 20.3. The van der Waals surface area contributed by atoms with Gasteiger partial charge in [-0.2, -0.15) is 0 Å². The van der Waals surface area contributed by atoms with Crippen LogP contribution in [-0.4, -0.2) is 74.9 Å². The van der Waals surface area contributed by atoms with Crippen molar-refractivity contribution in [2.45, 2.75) is 101 Å². The van der Waals surface area contributed by atoms with E-state index in [1.54, 1.807) is 6.08 Å². The number of aliphatic hydroxyl groups excluding tert-OH is 2. The van der Waals surface area contributed by atoms with Crippen LogP contribution in [-0.2, 0) is 19.0 Å². The summed E-state index contributed by atoms with van der Waals surface area (Å²) in [4.78, 5) is 11.8. The minimum Gasteiger partial charge on any atom is -0.458 e. The minimum atomic E-state index is -1.25. The van der Waals surface area contributed by atoms with Crippen LogP contribution in [0.5, 0.6) is 0 Å². The Labute approximate surface area is 200 Å². The van der Waals surface area contributed by atoms with Gasteiger partial charge in [-0.05, 0) is 63.4 Å². The highest BCUT2D eigenvalue weighted by Crippen LogP contribution is 2.71. The first kappa shape index (κ1) is 23.4. The Morgan fingerprint density at radius 3 is 2.53 bits per heavy atom. The van der Waals surface area contributed by atoms with Crippen molar-refractivity contribution in [3.63, 3.8) is 0 Å². The number of rotatable bonds is 2. The number of fused-ring (bicyclic) bond motifs is 8. The third-order valence-electron chi connectivity index (χ3n) is 10.9. The van der Waals surface area contributed by atoms with E-state index in [9.17, 15) is 25.2 Å². The molecule has 0 spiro atoms. The van der Waals surface area contributed by atoms with Crippen LogP contribution in [0, 0.1) is 28.6 Å². The molecule has 2 heterocycles. The van der Waals surface area contributed by atoms with Gasteiger partial charge in [0.15, 0.2) is 5.79 Å². The maximum atomic E-state index is 12.4. The van der Waals surface area contributed by atoms with Gasteiger partial charge in [-0.25, -0.2) is 4.79 Å². The van der Waals surface area contributed by atoms with Crippen LogP contribution < -0.4 is 0 Å². The molecule has 4 aliphatic carbocycles. The molecule has 8 heteroatoms. The summed E-state index contributed by atoms with van der Waals surface area (Å²) in [5.41, 5.74) is -3.16. The largest absolute Gasteiger partial charge is 0.458 e. The van der Waals surface area contributed by atoms with Gasteiger partial charge in [0.2, 0.25) is 0 Å². The minimum absolute atomic E-state index is 0.0561. The number of ether oxygens (including phenoxy) is 3. The zero-order valence-electron chi connectivity index (χ0n) is 20.3. The second-order valence-corrected chi connectivity index (χ2v) is 12.6. The van der Waals surface area contributed by atoms with Crippen LogP contribution in [0.1, 0.15) is 65.7 Å². The van der Waals surface area contributed by atoms with Crippen molar-refractivity contribution in [2.75, 3.05) is 13.2 Å². The topological polar surface area (TPSA) is 126 Å². The van der Waals surface area contributed by atoms with Crippen molar-refractivity contribution in [3.05, 3.63) is 11.6 Å². The van der Waals surface area contributed by atoms with Gasteiger partial charge in [-0.3, -0.25) is 0 Å². The van der Waals surface area contributed by atoms with Gasteiger partial charge in [0, 0.05) is 30.3 Å². The highest BCUT2D eigenvalue weighted by molar-refractivity contribution is 5.85. The van der Waals surface area contributed by atoms with Crippen molar-refractivity contribution in [2.24, 2.45) is 28.6 Å². The van der Waals surface area contributed by atoms with E-state index in [4.69, 9.17) is 14.2 Å². The van der Waals surface area contributed by atoms with Gasteiger partial charge < -0.3 is 34.6 Å². The highest BCUT2D eigenvalue weighted by atomic mass is 16.7. The summed E-state index contributed by atoms with van der Waals surface area (Å²) in [5.74, 6) is -2.07. The average molecular weight is 479 g/mol. The SMILES string of the molecule is CC1(C)O[C@H]2C[C@@H](O1)[C@]1(CO)[C@H]3[C@H](O)C[C@]4(C)[C@H](C5=CC(=O)OC5)CC[C@@]4(O)[C@H]3CC[C@]1(O)C2. The third kappa shape index (κ3) is 2.73. The quantitative estimate of drug-likeness (QED) is 0.439. The Bertz CT molecular complexity index is 932. The van der Waals surface area contributed by atoms with Crippen LogP contribution in [0.4, 0.5) is 0 Å². The van der Waals surface area contributed by atoms with Crippen molar-refractivity contribution in [1.29, 1.82) is 0 Å². The summed E-state index contributed by atoms with van der Waals surface area (Å²) in [6.07, 6.45) is 3.55. The molecule has 8 nitrogen and oxygen atoms in total. The van der Waals surface area contributed by atoms with Crippen molar-refractivity contribution in [1.82, 2.24) is 0 Å². The molecule has 2 aliphatic heterocycles. The summed E-state index contributed by atoms with van der Waals surface area (Å²) >= 11 is 0. The Morgan fingerprint density at radius 2 is 1.85 bits per heavy atom. The first-order chi connectivity index (χ1) is 15.9. The van der Waals surface area contributed by atoms with Crippen LogP contribution in [0.15, 0.2) is 11.6 Å². The van der Waals surface area contributed by atoms with Crippen molar-refractivity contribution >= 4 is 5.97 Å². The maximum absolute atomic E-state index is 12.4. The highest BCUT2D eigenvalue weighted by Gasteiger charge is 2.76. The Kier molecular flexibility index (Phi) is 4.84. The zero-order chi connectivity index (χ0) is 24.3. The summed E-state index contributed by atoms with van der Waals surface area (Å²) in [5, 5.41) is 47.2. The molecule has 4 saturated carbocycles. The molecule has 34 heavy (non-hydrogen) atoms. The lowest BCUT2D eigenvalue weighted by Gasteiger charge is -2.70. The van der Waals surface area contributed by atoms with Crippen LogP contribution in [0.25, 0.3) is 0 Å². The van der Waals surface area contributed by atoms with Gasteiger partial charge in [0.05, 0.1) is 41.5 Å². The Balaban J connectivity index is 1.43. The maximum Gasteiger partial charge on any atom is 0.331 e. The summed E-state index contributed by atoms with van der Waals surface area (Å²) < 4.78 is 17.6. The fraction of sp³-hybridized carbons (Fsp3) is 0.885. The lowest BCUT2D eigenvalue weighted by Crippen LogP contribution is -2.77. The number of hydrogen-bond acceptors (Lipinski definition) is 8. The van der Waals surface area contributed by atoms with E-state index < -0.39 is 45.9 Å². The smallest absolute Gasteiger partial charge is 0.331 e. The predicted molar refractivity (Wildman–Crippen MR) is 119 cm³/mol. The van der Waals surface area contributed by atoms with Gasteiger partial charge in [0.1, 0.15) is 6.61 Å². The molecule has 2 bridgehead atoms. The normalized spacial score (nSPS) is 55.6. The first-order valence-corrected chi connectivity index (χ1v) is 12.9. The standard InChI is InChI=1S/C26H38O8/c1-22(2)33-15-9-19(34-22)25(13-27)21-17(4-6-24(25,30)10-15)26(31)7-5-16(14-8-20(29)32-12-14)23(26,3)11-18(21)28/h8,15-19,21,27-28,30-31H,4-7,9-13H2,1-3H3/t15-,16-,17-,18+,19+,21+,23+,24-,25+,26+/m0/s1. The van der Waals surface area contributed by atoms with Crippen LogP contribution >= 0.6 is 0 Å². The number of carbonyl (C=O) groups excluding carboxylic acids is 1.